The molecule has 110 valence electrons. The van der Waals surface area contributed by atoms with Gasteiger partial charge in [-0.3, -0.25) is 10.2 Å². The maximum absolute atomic E-state index is 12.3. The average Bonchev–Trinajstić information content (AvgIpc) is 2.48. The van der Waals surface area contributed by atoms with E-state index in [1.807, 2.05) is 35.3 Å². The number of nitrogens with zero attached hydrogens (tertiary/aromatic N) is 2. The molecule has 1 saturated heterocycles. The van der Waals surface area contributed by atoms with Gasteiger partial charge in [-0.15, -0.1) is 0 Å². The molecule has 3 N–H and O–H groups in total. The van der Waals surface area contributed by atoms with Gasteiger partial charge in [0, 0.05) is 32.7 Å². The van der Waals surface area contributed by atoms with Crippen molar-refractivity contribution in [1.29, 1.82) is 0 Å². The largest absolute Gasteiger partial charge is 0.330 e. The topological polar surface area (TPSA) is 61.6 Å². The van der Waals surface area contributed by atoms with E-state index in [0.717, 1.165) is 31.7 Å². The van der Waals surface area contributed by atoms with E-state index in [9.17, 15) is 4.79 Å². The van der Waals surface area contributed by atoms with Gasteiger partial charge in [0.15, 0.2) is 0 Å². The summed E-state index contributed by atoms with van der Waals surface area (Å²) in [5.74, 6) is -0.141. The van der Waals surface area contributed by atoms with Crippen LogP contribution in [0, 0.1) is 5.92 Å². The summed E-state index contributed by atoms with van der Waals surface area (Å²) in [5, 5.41) is 2.00. The van der Waals surface area contributed by atoms with Crippen molar-refractivity contribution in [3.63, 3.8) is 0 Å². The summed E-state index contributed by atoms with van der Waals surface area (Å²) in [5.41, 5.74) is 9.91. The summed E-state index contributed by atoms with van der Waals surface area (Å²) >= 11 is 0. The molecule has 0 aromatic heterocycles. The number of likely N-dealkylation sites (N-methyl/N-ethyl adjacent to an activating group) is 1. The van der Waals surface area contributed by atoms with Crippen molar-refractivity contribution in [2.24, 2.45) is 11.7 Å². The third-order valence-electron chi connectivity index (χ3n) is 3.75. The summed E-state index contributed by atoms with van der Waals surface area (Å²) < 4.78 is 0. The predicted molar refractivity (Wildman–Crippen MR) is 79.9 cm³/mol. The molecule has 0 radical (unpaired) electrons. The molecule has 0 spiro atoms. The zero-order valence-electron chi connectivity index (χ0n) is 12.1. The standard InChI is InChI=1S/C15H24N4O/c1-18-7-9-19(10-8-18)17-15(20)14(12-16)11-13-5-3-2-4-6-13/h2-6,14H,7-12,16H2,1H3,(H,17,20). The van der Waals surface area contributed by atoms with Crippen molar-refractivity contribution in [3.05, 3.63) is 35.9 Å². The number of carbonyl (C=O) groups excluding carboxylic acids is 1. The van der Waals surface area contributed by atoms with Crippen LogP contribution in [0.2, 0.25) is 0 Å². The van der Waals surface area contributed by atoms with Gasteiger partial charge in [0.2, 0.25) is 5.91 Å². The van der Waals surface area contributed by atoms with Gasteiger partial charge in [0.05, 0.1) is 5.92 Å². The van der Waals surface area contributed by atoms with Crippen LogP contribution in [0.25, 0.3) is 0 Å². The van der Waals surface area contributed by atoms with Gasteiger partial charge in [-0.25, -0.2) is 5.01 Å². The van der Waals surface area contributed by atoms with Crippen LogP contribution in [-0.2, 0) is 11.2 Å². The minimum Gasteiger partial charge on any atom is -0.330 e. The molecule has 1 aliphatic rings. The number of carbonyl (C=O) groups is 1. The highest BCUT2D eigenvalue weighted by Crippen LogP contribution is 2.08. The molecule has 1 heterocycles. The molecule has 1 unspecified atom stereocenters. The SMILES string of the molecule is CN1CCN(NC(=O)C(CN)Cc2ccccc2)CC1. The first kappa shape index (κ1) is 15.0. The van der Waals surface area contributed by atoms with E-state index >= 15 is 0 Å². The summed E-state index contributed by atoms with van der Waals surface area (Å²) in [6.45, 7) is 4.06. The normalized spacial score (nSPS) is 18.7. The van der Waals surface area contributed by atoms with E-state index < -0.39 is 0 Å². The highest BCUT2D eigenvalue weighted by molar-refractivity contribution is 5.78. The molecule has 1 fully saturated rings. The fourth-order valence-corrected chi connectivity index (χ4v) is 2.35. The van der Waals surface area contributed by atoms with E-state index in [0.29, 0.717) is 13.0 Å². The molecule has 5 nitrogen and oxygen atoms in total. The Labute approximate surface area is 120 Å². The van der Waals surface area contributed by atoms with Crippen LogP contribution in [0.1, 0.15) is 5.56 Å². The molecule has 5 heteroatoms. The number of amides is 1. The van der Waals surface area contributed by atoms with Crippen molar-refractivity contribution >= 4 is 5.91 Å². The Morgan fingerprint density at radius 3 is 2.50 bits per heavy atom. The summed E-state index contributed by atoms with van der Waals surface area (Å²) in [7, 11) is 2.09. The fourth-order valence-electron chi connectivity index (χ4n) is 2.35. The molecular formula is C15H24N4O. The Balaban J connectivity index is 1.86. The van der Waals surface area contributed by atoms with Crippen molar-refractivity contribution < 1.29 is 4.79 Å². The zero-order valence-corrected chi connectivity index (χ0v) is 12.1. The number of rotatable bonds is 5. The number of hydrogen-bond donors (Lipinski definition) is 2. The maximum atomic E-state index is 12.3. The second-order valence-corrected chi connectivity index (χ2v) is 5.39. The van der Waals surface area contributed by atoms with Gasteiger partial charge in [0.1, 0.15) is 0 Å². The lowest BCUT2D eigenvalue weighted by molar-refractivity contribution is -0.130. The van der Waals surface area contributed by atoms with E-state index in [2.05, 4.69) is 17.4 Å². The first-order chi connectivity index (χ1) is 9.69. The quantitative estimate of drug-likeness (QED) is 0.800. The smallest absolute Gasteiger partial charge is 0.238 e. The molecule has 1 aromatic rings. The molecule has 0 bridgehead atoms. The van der Waals surface area contributed by atoms with Crippen LogP contribution < -0.4 is 11.2 Å². The van der Waals surface area contributed by atoms with Gasteiger partial charge in [-0.1, -0.05) is 30.3 Å². The van der Waals surface area contributed by atoms with Crippen molar-refractivity contribution in [3.8, 4) is 0 Å². The molecule has 1 aliphatic heterocycles. The Hall–Kier alpha value is -1.43. The maximum Gasteiger partial charge on any atom is 0.238 e. The lowest BCUT2D eigenvalue weighted by Crippen LogP contribution is -2.54. The first-order valence-electron chi connectivity index (χ1n) is 7.17. The van der Waals surface area contributed by atoms with Gasteiger partial charge in [-0.2, -0.15) is 0 Å². The van der Waals surface area contributed by atoms with E-state index in [1.54, 1.807) is 0 Å². The van der Waals surface area contributed by atoms with Crippen molar-refractivity contribution in [2.75, 3.05) is 39.8 Å². The summed E-state index contributed by atoms with van der Waals surface area (Å²) in [4.78, 5) is 14.5. The van der Waals surface area contributed by atoms with E-state index in [-0.39, 0.29) is 11.8 Å². The molecule has 2 rings (SSSR count). The number of nitrogens with one attached hydrogen (secondary N) is 1. The second-order valence-electron chi connectivity index (χ2n) is 5.39. The van der Waals surface area contributed by atoms with Crippen LogP contribution in [-0.4, -0.2) is 55.6 Å². The number of benzene rings is 1. The molecule has 20 heavy (non-hydrogen) atoms. The monoisotopic (exact) mass is 276 g/mol. The van der Waals surface area contributed by atoms with Crippen molar-refractivity contribution in [2.45, 2.75) is 6.42 Å². The first-order valence-corrected chi connectivity index (χ1v) is 7.17. The molecule has 0 saturated carbocycles. The van der Waals surface area contributed by atoms with Crippen LogP contribution in [0.15, 0.2) is 30.3 Å². The summed E-state index contributed by atoms with van der Waals surface area (Å²) in [6, 6.07) is 10.0. The van der Waals surface area contributed by atoms with Gasteiger partial charge in [-0.05, 0) is 19.0 Å². The zero-order chi connectivity index (χ0) is 14.4. The highest BCUT2D eigenvalue weighted by Gasteiger charge is 2.21. The van der Waals surface area contributed by atoms with Crippen LogP contribution in [0.4, 0.5) is 0 Å². The third kappa shape index (κ3) is 4.30. The summed E-state index contributed by atoms with van der Waals surface area (Å²) in [6.07, 6.45) is 0.691. The lowest BCUT2D eigenvalue weighted by Gasteiger charge is -2.33. The fraction of sp³-hybridized carbons (Fsp3) is 0.533. The number of nitrogens with two attached hydrogens (primary N) is 1. The van der Waals surface area contributed by atoms with E-state index in [4.69, 9.17) is 5.73 Å². The Morgan fingerprint density at radius 2 is 1.90 bits per heavy atom. The molecule has 1 aromatic carbocycles. The highest BCUT2D eigenvalue weighted by atomic mass is 16.2. The molecular weight excluding hydrogens is 252 g/mol. The number of piperazine rings is 1. The third-order valence-corrected chi connectivity index (χ3v) is 3.75. The van der Waals surface area contributed by atoms with Crippen LogP contribution >= 0.6 is 0 Å². The van der Waals surface area contributed by atoms with Crippen LogP contribution in [0.5, 0.6) is 0 Å². The Bertz CT molecular complexity index is 415. The minimum atomic E-state index is -0.169. The average molecular weight is 276 g/mol. The molecule has 1 atom stereocenters. The number of hydrazine groups is 1. The van der Waals surface area contributed by atoms with Crippen LogP contribution in [0.3, 0.4) is 0 Å². The molecule has 1 amide bonds. The minimum absolute atomic E-state index is 0.0286. The van der Waals surface area contributed by atoms with Gasteiger partial charge in [0.25, 0.3) is 0 Å². The Morgan fingerprint density at radius 1 is 1.25 bits per heavy atom. The van der Waals surface area contributed by atoms with Gasteiger partial charge >= 0.3 is 0 Å². The van der Waals surface area contributed by atoms with Crippen molar-refractivity contribution in [1.82, 2.24) is 15.3 Å². The van der Waals surface area contributed by atoms with E-state index in [1.165, 1.54) is 0 Å². The predicted octanol–water partition coefficient (Wildman–Crippen LogP) is 0.0826. The van der Waals surface area contributed by atoms with Gasteiger partial charge < -0.3 is 10.6 Å². The second kappa shape index (κ2) is 7.38. The lowest BCUT2D eigenvalue weighted by atomic mass is 9.99. The molecule has 0 aliphatic carbocycles. The Kier molecular flexibility index (Phi) is 5.52. The number of hydrogen-bond acceptors (Lipinski definition) is 4.